The summed E-state index contributed by atoms with van der Waals surface area (Å²) >= 11 is 3.98. The van der Waals surface area contributed by atoms with E-state index in [0.717, 1.165) is 6.21 Å². The Hall–Kier alpha value is -4.07. The molecule has 2 heterocycles. The van der Waals surface area contributed by atoms with Crippen molar-refractivity contribution in [3.8, 4) is 0 Å². The lowest BCUT2D eigenvalue weighted by Gasteiger charge is -2.28. The van der Waals surface area contributed by atoms with Crippen LogP contribution < -0.4 is 21.7 Å². The van der Waals surface area contributed by atoms with Gasteiger partial charge in [-0.05, 0) is 31.6 Å². The van der Waals surface area contributed by atoms with E-state index >= 15 is 0 Å². The molecule has 0 aliphatic carbocycles. The fraction of sp³-hybridized carbons (Fsp3) is 0.744. The van der Waals surface area contributed by atoms with Crippen molar-refractivity contribution < 1.29 is 68.6 Å². The molecule has 8 atom stereocenters. The SMILES string of the molecule is CC(C)C[C@H](NC(=O)C1CCCN1C(=O)CCOCCOCCNC(=O)[C@@H](N)CS)C(=O)C[C@@H](Cc1cnc[nH]1)C(=O)N[C@@H](CO)C(=O)CCCO/N=C/C(O)C(O)C(O)CO. The number of carbonyl (C=O) groups excluding carboxylic acids is 6. The van der Waals surface area contributed by atoms with Gasteiger partial charge in [0.15, 0.2) is 11.6 Å². The Labute approximate surface area is 366 Å². The first-order chi connectivity index (χ1) is 29.6. The molecule has 352 valence electrons. The van der Waals surface area contributed by atoms with Crippen molar-refractivity contribution in [2.75, 3.05) is 65.1 Å². The second-order valence-corrected chi connectivity index (χ2v) is 15.6. The van der Waals surface area contributed by atoms with Gasteiger partial charge in [0.2, 0.25) is 23.6 Å². The van der Waals surface area contributed by atoms with Crippen LogP contribution in [-0.2, 0) is 49.5 Å². The van der Waals surface area contributed by atoms with Crippen LogP contribution in [0, 0.1) is 11.8 Å². The van der Waals surface area contributed by atoms with Gasteiger partial charge < -0.3 is 71.4 Å². The van der Waals surface area contributed by atoms with Gasteiger partial charge in [0.05, 0.1) is 76.6 Å². The number of nitrogens with two attached hydrogens (primary N) is 1. The molecule has 22 nitrogen and oxygen atoms in total. The number of thiol groups is 1. The van der Waals surface area contributed by atoms with E-state index in [4.69, 9.17) is 25.2 Å². The highest BCUT2D eigenvalue weighted by Crippen LogP contribution is 2.21. The predicted octanol–water partition coefficient (Wildman–Crippen LogP) is -3.25. The molecule has 1 aliphatic heterocycles. The van der Waals surface area contributed by atoms with Crippen LogP contribution >= 0.6 is 12.6 Å². The van der Waals surface area contributed by atoms with Crippen LogP contribution in [0.1, 0.15) is 64.5 Å². The molecule has 23 heteroatoms. The summed E-state index contributed by atoms with van der Waals surface area (Å²) in [6, 6.07) is -3.80. The van der Waals surface area contributed by atoms with Crippen molar-refractivity contribution in [3.63, 3.8) is 0 Å². The predicted molar refractivity (Wildman–Crippen MR) is 225 cm³/mol. The Morgan fingerprint density at radius 1 is 0.984 bits per heavy atom. The maximum atomic E-state index is 13.9. The van der Waals surface area contributed by atoms with Crippen LogP contribution in [0.2, 0.25) is 0 Å². The molecule has 0 aromatic carbocycles. The number of aromatic amines is 1. The summed E-state index contributed by atoms with van der Waals surface area (Å²) in [5, 5.41) is 59.1. The Balaban J connectivity index is 1.95. The number of ether oxygens (including phenoxy) is 2. The van der Waals surface area contributed by atoms with Crippen LogP contribution in [0.25, 0.3) is 0 Å². The van der Waals surface area contributed by atoms with E-state index in [1.165, 1.54) is 17.4 Å². The van der Waals surface area contributed by atoms with Gasteiger partial charge >= 0.3 is 0 Å². The first-order valence-corrected chi connectivity index (χ1v) is 21.4. The maximum absolute atomic E-state index is 13.9. The number of nitrogens with zero attached hydrogens (tertiary/aromatic N) is 3. The molecular formula is C39H66N8O14S. The number of likely N-dealkylation sites (tertiary alicyclic amines) is 1. The molecule has 1 aromatic heterocycles. The van der Waals surface area contributed by atoms with Crippen LogP contribution in [0.5, 0.6) is 0 Å². The third-order valence-corrected chi connectivity index (χ3v) is 10.2. The monoisotopic (exact) mass is 902 g/mol. The molecule has 1 aliphatic rings. The summed E-state index contributed by atoms with van der Waals surface area (Å²) in [6.45, 7) is 3.57. The van der Waals surface area contributed by atoms with Crippen molar-refractivity contribution in [1.29, 1.82) is 0 Å². The van der Waals surface area contributed by atoms with E-state index in [1.54, 1.807) is 0 Å². The summed E-state index contributed by atoms with van der Waals surface area (Å²) in [4.78, 5) is 92.4. The fourth-order valence-electron chi connectivity index (χ4n) is 6.32. The number of amides is 4. The summed E-state index contributed by atoms with van der Waals surface area (Å²) in [7, 11) is 0. The van der Waals surface area contributed by atoms with Crippen molar-refractivity contribution >= 4 is 54.0 Å². The molecule has 4 unspecified atom stereocenters. The molecule has 1 aromatic rings. The molecule has 0 radical (unpaired) electrons. The molecule has 0 bridgehead atoms. The Bertz CT molecular complexity index is 1540. The van der Waals surface area contributed by atoms with Gasteiger partial charge in [0.25, 0.3) is 0 Å². The lowest BCUT2D eigenvalue weighted by Crippen LogP contribution is -2.52. The zero-order valence-corrected chi connectivity index (χ0v) is 36.3. The molecular weight excluding hydrogens is 837 g/mol. The number of oxime groups is 1. The number of ketones is 2. The fourth-order valence-corrected chi connectivity index (χ4v) is 6.49. The van der Waals surface area contributed by atoms with Gasteiger partial charge in [0, 0.05) is 50.0 Å². The standard InChI is InChI=1S/C39H66N8O14S/c1-24(2)15-28(45-39(58)30-5-3-9-47(30)35(54)7-11-59-13-14-60-12-8-42-38(57)27(40)22-62)32(51)17-25(16-26-18-41-23-43-26)37(56)46-29(20-48)31(50)6-4-10-61-44-19-33(52)36(55)34(53)21-49/h18-19,23-25,27-30,33-34,36,48-49,52-53,55,62H,3-17,20-22,40H2,1-2H3,(H,41,43)(H,42,57)(H,45,58)(H,46,56)/b44-19+/t25-,27+,28+,29+,30?,33?,34?,36?/m1/s1. The van der Waals surface area contributed by atoms with E-state index < -0.39 is 85.0 Å². The zero-order valence-electron chi connectivity index (χ0n) is 35.4. The molecule has 11 N–H and O–H groups in total. The average molecular weight is 903 g/mol. The van der Waals surface area contributed by atoms with Gasteiger partial charge in [-0.25, -0.2) is 4.98 Å². The highest BCUT2D eigenvalue weighted by molar-refractivity contribution is 7.80. The highest BCUT2D eigenvalue weighted by atomic mass is 32.1. The number of aromatic nitrogens is 2. The largest absolute Gasteiger partial charge is 0.396 e. The summed E-state index contributed by atoms with van der Waals surface area (Å²) in [6.07, 6.45) is -0.310. The smallest absolute Gasteiger partial charge is 0.243 e. The minimum Gasteiger partial charge on any atom is -0.396 e. The van der Waals surface area contributed by atoms with Crippen LogP contribution in [-0.4, -0.2) is 189 Å². The molecule has 1 fully saturated rings. The second kappa shape index (κ2) is 30.1. The Morgan fingerprint density at radius 3 is 2.35 bits per heavy atom. The minimum absolute atomic E-state index is 0.0236. The normalized spacial score (nSPS) is 17.5. The zero-order chi connectivity index (χ0) is 46.0. The maximum Gasteiger partial charge on any atom is 0.243 e. The number of Topliss-reactive ketones (excluding diaryl/α,β-unsaturated/α-hetero) is 2. The lowest BCUT2D eigenvalue weighted by atomic mass is 9.90. The first kappa shape index (κ1) is 54.1. The molecule has 62 heavy (non-hydrogen) atoms. The first-order valence-electron chi connectivity index (χ1n) is 20.8. The van der Waals surface area contributed by atoms with Gasteiger partial charge in [-0.3, -0.25) is 28.8 Å². The Morgan fingerprint density at radius 2 is 1.71 bits per heavy atom. The van der Waals surface area contributed by atoms with Crippen molar-refractivity contribution in [2.45, 2.75) is 108 Å². The summed E-state index contributed by atoms with van der Waals surface area (Å²) < 4.78 is 10.9. The number of aliphatic hydroxyl groups is 5. The van der Waals surface area contributed by atoms with Crippen LogP contribution in [0.3, 0.4) is 0 Å². The van der Waals surface area contributed by atoms with Gasteiger partial charge in [0.1, 0.15) is 37.0 Å². The Kier molecular flexibility index (Phi) is 26.2. The number of aliphatic hydroxyl groups excluding tert-OH is 5. The molecule has 2 rings (SSSR count). The second-order valence-electron chi connectivity index (χ2n) is 15.3. The summed E-state index contributed by atoms with van der Waals surface area (Å²) in [5.74, 6) is -3.59. The molecule has 1 saturated heterocycles. The molecule has 0 spiro atoms. The van der Waals surface area contributed by atoms with E-state index in [9.17, 15) is 49.2 Å². The minimum atomic E-state index is -1.70. The topological polar surface area (TPSA) is 338 Å². The number of carbonyl (C=O) groups is 6. The summed E-state index contributed by atoms with van der Waals surface area (Å²) in [5.41, 5.74) is 6.12. The third-order valence-electron chi connectivity index (χ3n) is 9.80. The number of rotatable bonds is 33. The average Bonchev–Trinajstić information content (AvgIpc) is 3.97. The van der Waals surface area contributed by atoms with Crippen LogP contribution in [0.15, 0.2) is 17.7 Å². The molecule has 4 amide bonds. The van der Waals surface area contributed by atoms with Crippen molar-refractivity contribution in [2.24, 2.45) is 22.7 Å². The third kappa shape index (κ3) is 20.0. The number of imidazole rings is 1. The van der Waals surface area contributed by atoms with Crippen molar-refractivity contribution in [1.82, 2.24) is 30.8 Å². The quantitative estimate of drug-likeness (QED) is 0.0143. The van der Waals surface area contributed by atoms with E-state index in [0.29, 0.717) is 25.1 Å². The van der Waals surface area contributed by atoms with Gasteiger partial charge in [-0.15, -0.1) is 0 Å². The molecule has 0 saturated carbocycles. The van der Waals surface area contributed by atoms with Crippen LogP contribution in [0.4, 0.5) is 0 Å². The number of hydrogen-bond acceptors (Lipinski definition) is 18. The van der Waals surface area contributed by atoms with Gasteiger partial charge in [-0.2, -0.15) is 12.6 Å². The number of hydrogen-bond donors (Lipinski definition) is 11. The number of nitrogens with one attached hydrogen (secondary N) is 4. The highest BCUT2D eigenvalue weighted by Gasteiger charge is 2.37. The lowest BCUT2D eigenvalue weighted by molar-refractivity contribution is -0.140. The van der Waals surface area contributed by atoms with E-state index in [1.807, 2.05) is 13.8 Å². The van der Waals surface area contributed by atoms with E-state index in [2.05, 4.69) is 43.7 Å². The van der Waals surface area contributed by atoms with Gasteiger partial charge in [-0.1, -0.05) is 19.0 Å². The van der Waals surface area contributed by atoms with E-state index in [-0.39, 0.29) is 102 Å². The van der Waals surface area contributed by atoms with Crippen molar-refractivity contribution in [3.05, 3.63) is 18.2 Å². The number of H-pyrrole nitrogens is 1.